The van der Waals surface area contributed by atoms with Crippen molar-refractivity contribution in [3.8, 4) is 5.75 Å². The Morgan fingerprint density at radius 3 is 2.39 bits per heavy atom. The number of carbonyl (C=O) groups is 2. The first-order valence-corrected chi connectivity index (χ1v) is 12.9. The van der Waals surface area contributed by atoms with E-state index in [2.05, 4.69) is 15.4 Å². The Labute approximate surface area is 231 Å². The van der Waals surface area contributed by atoms with Crippen LogP contribution in [0.1, 0.15) is 58.4 Å². The number of amides is 1. The van der Waals surface area contributed by atoms with E-state index in [9.17, 15) is 9.59 Å². The van der Waals surface area contributed by atoms with Crippen molar-refractivity contribution < 1.29 is 14.3 Å². The Balaban J connectivity index is 1.40. The van der Waals surface area contributed by atoms with Gasteiger partial charge in [0.05, 0.1) is 28.0 Å². The number of ether oxygens (including phenoxy) is 1. The highest BCUT2D eigenvalue weighted by atomic mass is 35.5. The Hall–Kier alpha value is -3.68. The molecule has 38 heavy (non-hydrogen) atoms. The molecule has 196 valence electrons. The summed E-state index contributed by atoms with van der Waals surface area (Å²) in [6.07, 6.45) is 3.63. The normalized spacial score (nSPS) is 11.3. The molecule has 2 aromatic heterocycles. The second-order valence-electron chi connectivity index (χ2n) is 9.74. The molecule has 1 amide bonds. The molecular weight excluding hydrogens is 523 g/mol. The lowest BCUT2D eigenvalue weighted by molar-refractivity contribution is 0.0925. The van der Waals surface area contributed by atoms with Crippen molar-refractivity contribution in [2.24, 2.45) is 0 Å². The summed E-state index contributed by atoms with van der Waals surface area (Å²) < 4.78 is 7.36. The fraction of sp³-hybridized carbons (Fsp3) is 0.241. The van der Waals surface area contributed by atoms with Gasteiger partial charge in [0.15, 0.2) is 5.78 Å². The van der Waals surface area contributed by atoms with E-state index in [4.69, 9.17) is 27.9 Å². The van der Waals surface area contributed by atoms with E-state index in [1.807, 2.05) is 51.1 Å². The average molecular weight is 551 g/mol. The molecule has 9 heteroatoms. The lowest BCUT2D eigenvalue weighted by Crippen LogP contribution is -2.34. The molecule has 0 aliphatic heterocycles. The third-order valence-electron chi connectivity index (χ3n) is 5.75. The molecule has 0 bridgehead atoms. The second kappa shape index (κ2) is 11.8. The van der Waals surface area contributed by atoms with Crippen LogP contribution in [0, 0.1) is 0 Å². The van der Waals surface area contributed by atoms with E-state index in [1.54, 1.807) is 41.2 Å². The van der Waals surface area contributed by atoms with Crippen molar-refractivity contribution in [2.75, 3.05) is 6.54 Å². The number of benzene rings is 2. The van der Waals surface area contributed by atoms with Gasteiger partial charge in [-0.15, -0.1) is 0 Å². The monoisotopic (exact) mass is 550 g/mol. The summed E-state index contributed by atoms with van der Waals surface area (Å²) in [6.45, 7) is 6.50. The van der Waals surface area contributed by atoms with E-state index < -0.39 is 5.54 Å². The molecule has 0 aliphatic carbocycles. The number of nitrogens with zero attached hydrogens (tertiary/aromatic N) is 3. The lowest BCUT2D eigenvalue weighted by atomic mass is 10.0. The van der Waals surface area contributed by atoms with Gasteiger partial charge in [0, 0.05) is 23.3 Å². The highest BCUT2D eigenvalue weighted by Crippen LogP contribution is 2.23. The Morgan fingerprint density at radius 2 is 1.74 bits per heavy atom. The highest BCUT2D eigenvalue weighted by Gasteiger charge is 2.29. The van der Waals surface area contributed by atoms with Crippen LogP contribution in [-0.2, 0) is 18.6 Å². The van der Waals surface area contributed by atoms with E-state index >= 15 is 0 Å². The minimum absolute atomic E-state index is 0.224. The maximum atomic E-state index is 13.3. The Bertz CT molecular complexity index is 1430. The van der Waals surface area contributed by atoms with Crippen LogP contribution in [0.5, 0.6) is 5.75 Å². The van der Waals surface area contributed by atoms with E-state index in [1.165, 1.54) is 6.20 Å². The van der Waals surface area contributed by atoms with Crippen molar-refractivity contribution in [3.05, 3.63) is 111 Å². The van der Waals surface area contributed by atoms with Crippen LogP contribution in [0.15, 0.2) is 73.1 Å². The molecular formula is C29H28Cl2N4O3. The first kappa shape index (κ1) is 27.4. The number of hydrogen-bond acceptors (Lipinski definition) is 5. The number of hydrogen-bond donors (Lipinski definition) is 1. The van der Waals surface area contributed by atoms with Crippen LogP contribution in [0.2, 0.25) is 10.0 Å². The van der Waals surface area contributed by atoms with Crippen LogP contribution in [-0.4, -0.2) is 33.0 Å². The smallest absolute Gasteiger partial charge is 0.270 e. The van der Waals surface area contributed by atoms with E-state index in [0.29, 0.717) is 40.9 Å². The van der Waals surface area contributed by atoms with Crippen LogP contribution in [0.3, 0.4) is 0 Å². The van der Waals surface area contributed by atoms with Gasteiger partial charge in [-0.3, -0.25) is 19.3 Å². The van der Waals surface area contributed by atoms with Crippen molar-refractivity contribution in [1.82, 2.24) is 20.1 Å². The van der Waals surface area contributed by atoms with Gasteiger partial charge in [-0.2, -0.15) is 5.10 Å². The standard InChI is InChI=1S/C29H28Cl2N4O3/c1-29(2,3)35-26(25(17-34-35)27(36)20-5-4-6-21(30)15-20)28(37)32-14-13-19-7-11-24(12-8-19)38-18-23-10-9-22(31)16-33-23/h4-12,15-17H,13-14,18H2,1-3H3,(H,32,37). The van der Waals surface area contributed by atoms with Gasteiger partial charge in [0.25, 0.3) is 5.91 Å². The first-order chi connectivity index (χ1) is 18.1. The minimum Gasteiger partial charge on any atom is -0.487 e. The first-order valence-electron chi connectivity index (χ1n) is 12.1. The molecule has 0 spiro atoms. The summed E-state index contributed by atoms with van der Waals surface area (Å²) >= 11 is 11.9. The zero-order chi connectivity index (χ0) is 27.3. The maximum Gasteiger partial charge on any atom is 0.270 e. The summed E-state index contributed by atoms with van der Waals surface area (Å²) in [6, 6.07) is 17.9. The molecule has 7 nitrogen and oxygen atoms in total. The van der Waals surface area contributed by atoms with Gasteiger partial charge in [0.2, 0.25) is 0 Å². The number of aromatic nitrogens is 3. The van der Waals surface area contributed by atoms with Gasteiger partial charge in [-0.25, -0.2) is 0 Å². The average Bonchev–Trinajstić information content (AvgIpc) is 3.35. The summed E-state index contributed by atoms with van der Waals surface area (Å²) in [5, 5.41) is 8.34. The molecule has 0 saturated heterocycles. The number of nitrogens with one attached hydrogen (secondary N) is 1. The van der Waals surface area contributed by atoms with Gasteiger partial charge >= 0.3 is 0 Å². The zero-order valence-electron chi connectivity index (χ0n) is 21.4. The van der Waals surface area contributed by atoms with Crippen molar-refractivity contribution in [3.63, 3.8) is 0 Å². The van der Waals surface area contributed by atoms with Crippen molar-refractivity contribution >= 4 is 34.9 Å². The van der Waals surface area contributed by atoms with Crippen LogP contribution < -0.4 is 10.1 Å². The molecule has 1 N–H and O–H groups in total. The molecule has 0 fully saturated rings. The molecule has 0 unspecified atom stereocenters. The molecule has 2 aromatic carbocycles. The van der Waals surface area contributed by atoms with Crippen LogP contribution in [0.4, 0.5) is 0 Å². The van der Waals surface area contributed by atoms with Gasteiger partial charge in [0.1, 0.15) is 18.1 Å². The van der Waals surface area contributed by atoms with Gasteiger partial charge < -0.3 is 10.1 Å². The van der Waals surface area contributed by atoms with E-state index in [0.717, 1.165) is 11.3 Å². The fourth-order valence-electron chi connectivity index (χ4n) is 3.83. The van der Waals surface area contributed by atoms with Crippen molar-refractivity contribution in [1.29, 1.82) is 0 Å². The maximum absolute atomic E-state index is 13.3. The third-order valence-corrected chi connectivity index (χ3v) is 6.21. The predicted octanol–water partition coefficient (Wildman–Crippen LogP) is 6.12. The summed E-state index contributed by atoms with van der Waals surface area (Å²) in [5.41, 5.74) is 2.16. The summed E-state index contributed by atoms with van der Waals surface area (Å²) in [7, 11) is 0. The van der Waals surface area contributed by atoms with Crippen molar-refractivity contribution in [2.45, 2.75) is 39.3 Å². The quantitative estimate of drug-likeness (QED) is 0.253. The zero-order valence-corrected chi connectivity index (χ0v) is 22.9. The number of halogens is 2. The minimum atomic E-state index is -0.503. The molecule has 4 aromatic rings. The SMILES string of the molecule is CC(C)(C)n1ncc(C(=O)c2cccc(Cl)c2)c1C(=O)NCCc1ccc(OCc2ccc(Cl)cn2)cc1. The molecule has 0 atom stereocenters. The lowest BCUT2D eigenvalue weighted by Gasteiger charge is -2.22. The topological polar surface area (TPSA) is 86.1 Å². The number of pyridine rings is 1. The van der Waals surface area contributed by atoms with Crippen LogP contribution >= 0.6 is 23.2 Å². The number of carbonyl (C=O) groups excluding carboxylic acids is 2. The Morgan fingerprint density at radius 1 is 0.974 bits per heavy atom. The molecule has 2 heterocycles. The van der Waals surface area contributed by atoms with Crippen LogP contribution in [0.25, 0.3) is 0 Å². The summed E-state index contributed by atoms with van der Waals surface area (Å²) in [5.74, 6) is 0.0449. The third kappa shape index (κ3) is 6.79. The predicted molar refractivity (Wildman–Crippen MR) is 148 cm³/mol. The largest absolute Gasteiger partial charge is 0.487 e. The van der Waals surface area contributed by atoms with Gasteiger partial charge in [-0.05, 0) is 69.2 Å². The summed E-state index contributed by atoms with van der Waals surface area (Å²) in [4.78, 5) is 30.8. The molecule has 0 saturated carbocycles. The molecule has 0 aliphatic rings. The second-order valence-corrected chi connectivity index (χ2v) is 10.6. The highest BCUT2D eigenvalue weighted by molar-refractivity contribution is 6.31. The molecule has 4 rings (SSSR count). The Kier molecular flexibility index (Phi) is 8.49. The number of ketones is 1. The van der Waals surface area contributed by atoms with E-state index in [-0.39, 0.29) is 22.9 Å². The molecule has 0 radical (unpaired) electrons. The number of rotatable bonds is 9. The van der Waals surface area contributed by atoms with Gasteiger partial charge in [-0.1, -0.05) is 47.5 Å². The fourth-order valence-corrected chi connectivity index (χ4v) is 4.13.